The molecule has 88 valence electrons. The largest absolute Gasteiger partial charge is 0.497 e. The molecule has 0 fully saturated rings. The van der Waals surface area contributed by atoms with Crippen LogP contribution >= 0.6 is 0 Å². The maximum Gasteiger partial charge on any atom is 0.255 e. The Bertz CT molecular complexity index is 377. The number of methoxy groups -OCH3 is 1. The smallest absolute Gasteiger partial charge is 0.255 e. The topological polar surface area (TPSA) is 55.6 Å². The fourth-order valence-corrected chi connectivity index (χ4v) is 1.49. The molecule has 0 unspecified atom stereocenters. The zero-order valence-corrected chi connectivity index (χ0v) is 9.99. The van der Waals surface area contributed by atoms with Crippen LogP contribution < -0.4 is 10.5 Å². The van der Waals surface area contributed by atoms with Crippen LogP contribution in [0.15, 0.2) is 18.2 Å². The molecule has 0 heterocycles. The van der Waals surface area contributed by atoms with Crippen LogP contribution in [0, 0.1) is 0 Å². The second kappa shape index (κ2) is 5.39. The van der Waals surface area contributed by atoms with Crippen molar-refractivity contribution in [3.63, 3.8) is 0 Å². The lowest BCUT2D eigenvalue weighted by atomic mass is 10.1. The van der Waals surface area contributed by atoms with Crippen LogP contribution in [0.3, 0.4) is 0 Å². The van der Waals surface area contributed by atoms with Gasteiger partial charge in [0, 0.05) is 19.3 Å². The third-order valence-electron chi connectivity index (χ3n) is 2.40. The highest BCUT2D eigenvalue weighted by Crippen LogP contribution is 2.20. The first-order valence-corrected chi connectivity index (χ1v) is 5.29. The summed E-state index contributed by atoms with van der Waals surface area (Å²) in [6, 6.07) is 5.10. The number of amides is 1. The Hall–Kier alpha value is -1.71. The fraction of sp³-hybridized carbons (Fsp3) is 0.417. The van der Waals surface area contributed by atoms with E-state index < -0.39 is 0 Å². The van der Waals surface area contributed by atoms with Gasteiger partial charge in [0.2, 0.25) is 0 Å². The van der Waals surface area contributed by atoms with Gasteiger partial charge in [-0.3, -0.25) is 4.79 Å². The molecular weight excluding hydrogens is 204 g/mol. The molecule has 1 rings (SSSR count). The molecule has 0 saturated heterocycles. The van der Waals surface area contributed by atoms with Crippen LogP contribution in [0.5, 0.6) is 5.75 Å². The summed E-state index contributed by atoms with van der Waals surface area (Å²) in [7, 11) is 3.33. The van der Waals surface area contributed by atoms with Crippen molar-refractivity contribution in [1.82, 2.24) is 4.90 Å². The lowest BCUT2D eigenvalue weighted by Crippen LogP contribution is -2.28. The SMILES string of the molecule is CCCN(C)C(=O)c1cc(OC)ccc1N. The van der Waals surface area contributed by atoms with Gasteiger partial charge < -0.3 is 15.4 Å². The minimum atomic E-state index is -0.0711. The van der Waals surface area contributed by atoms with Crippen LogP contribution in [-0.2, 0) is 0 Å². The normalized spacial score (nSPS) is 9.94. The Labute approximate surface area is 96.0 Å². The first-order chi connectivity index (χ1) is 7.60. The van der Waals surface area contributed by atoms with Crippen molar-refractivity contribution >= 4 is 11.6 Å². The number of ether oxygens (including phenoxy) is 1. The Morgan fingerprint density at radius 3 is 2.75 bits per heavy atom. The van der Waals surface area contributed by atoms with Crippen LogP contribution in [0.1, 0.15) is 23.7 Å². The zero-order chi connectivity index (χ0) is 12.1. The molecule has 4 nitrogen and oxygen atoms in total. The predicted molar refractivity (Wildman–Crippen MR) is 64.7 cm³/mol. The van der Waals surface area contributed by atoms with Crippen molar-refractivity contribution in [3.05, 3.63) is 23.8 Å². The lowest BCUT2D eigenvalue weighted by molar-refractivity contribution is 0.0796. The van der Waals surface area contributed by atoms with E-state index in [1.807, 2.05) is 6.92 Å². The first kappa shape index (κ1) is 12.4. The number of nitrogens with zero attached hydrogens (tertiary/aromatic N) is 1. The van der Waals surface area contributed by atoms with E-state index in [1.54, 1.807) is 37.3 Å². The Morgan fingerprint density at radius 1 is 1.50 bits per heavy atom. The average Bonchev–Trinajstić information content (AvgIpc) is 2.29. The quantitative estimate of drug-likeness (QED) is 0.790. The Morgan fingerprint density at radius 2 is 2.19 bits per heavy atom. The number of nitrogens with two attached hydrogens (primary N) is 1. The van der Waals surface area contributed by atoms with Crippen molar-refractivity contribution in [2.24, 2.45) is 0 Å². The van der Waals surface area contributed by atoms with Crippen molar-refractivity contribution in [3.8, 4) is 5.75 Å². The summed E-state index contributed by atoms with van der Waals surface area (Å²) in [4.78, 5) is 13.7. The molecule has 0 spiro atoms. The van der Waals surface area contributed by atoms with Crippen LogP contribution in [0.25, 0.3) is 0 Å². The monoisotopic (exact) mass is 222 g/mol. The summed E-state index contributed by atoms with van der Waals surface area (Å²) in [5.41, 5.74) is 6.75. The number of nitrogen functional groups attached to an aromatic ring is 1. The van der Waals surface area contributed by atoms with E-state index in [4.69, 9.17) is 10.5 Å². The minimum Gasteiger partial charge on any atom is -0.497 e. The molecule has 16 heavy (non-hydrogen) atoms. The van der Waals surface area contributed by atoms with Gasteiger partial charge in [0.1, 0.15) is 5.75 Å². The van der Waals surface area contributed by atoms with E-state index in [9.17, 15) is 4.79 Å². The van der Waals surface area contributed by atoms with Crippen molar-refractivity contribution in [2.45, 2.75) is 13.3 Å². The number of benzene rings is 1. The van der Waals surface area contributed by atoms with Gasteiger partial charge in [-0.2, -0.15) is 0 Å². The van der Waals surface area contributed by atoms with Crippen LogP contribution in [-0.4, -0.2) is 31.5 Å². The molecule has 0 aliphatic heterocycles. The highest BCUT2D eigenvalue weighted by atomic mass is 16.5. The molecule has 0 bridgehead atoms. The van der Waals surface area contributed by atoms with Gasteiger partial charge in [-0.15, -0.1) is 0 Å². The number of anilines is 1. The number of rotatable bonds is 4. The van der Waals surface area contributed by atoms with Gasteiger partial charge in [0.05, 0.1) is 12.7 Å². The van der Waals surface area contributed by atoms with Gasteiger partial charge in [-0.25, -0.2) is 0 Å². The number of carbonyl (C=O) groups is 1. The van der Waals surface area contributed by atoms with E-state index in [-0.39, 0.29) is 5.91 Å². The molecule has 0 saturated carbocycles. The van der Waals surface area contributed by atoms with Gasteiger partial charge in [-0.1, -0.05) is 6.92 Å². The molecule has 1 amide bonds. The van der Waals surface area contributed by atoms with E-state index in [0.29, 0.717) is 17.0 Å². The first-order valence-electron chi connectivity index (χ1n) is 5.29. The third kappa shape index (κ3) is 2.66. The van der Waals surface area contributed by atoms with Crippen LogP contribution in [0.2, 0.25) is 0 Å². The summed E-state index contributed by atoms with van der Waals surface area (Å²) >= 11 is 0. The molecule has 2 N–H and O–H groups in total. The fourth-order valence-electron chi connectivity index (χ4n) is 1.49. The standard InChI is InChI=1S/C12H18N2O2/c1-4-7-14(2)12(15)10-8-9(16-3)5-6-11(10)13/h5-6,8H,4,7,13H2,1-3H3. The molecule has 1 aromatic carbocycles. The maximum absolute atomic E-state index is 12.0. The summed E-state index contributed by atoms with van der Waals surface area (Å²) < 4.78 is 5.07. The average molecular weight is 222 g/mol. The molecular formula is C12H18N2O2. The summed E-state index contributed by atoms with van der Waals surface area (Å²) in [5, 5.41) is 0. The third-order valence-corrected chi connectivity index (χ3v) is 2.40. The van der Waals surface area contributed by atoms with E-state index in [0.717, 1.165) is 13.0 Å². The van der Waals surface area contributed by atoms with Crippen molar-refractivity contribution in [1.29, 1.82) is 0 Å². The summed E-state index contributed by atoms with van der Waals surface area (Å²) in [6.07, 6.45) is 0.923. The van der Waals surface area contributed by atoms with Gasteiger partial charge in [0.25, 0.3) is 5.91 Å². The highest BCUT2D eigenvalue weighted by Gasteiger charge is 2.14. The zero-order valence-electron chi connectivity index (χ0n) is 9.99. The molecule has 0 aromatic heterocycles. The lowest BCUT2D eigenvalue weighted by Gasteiger charge is -2.17. The molecule has 0 atom stereocenters. The predicted octanol–water partition coefficient (Wildman–Crippen LogP) is 1.76. The number of hydrogen-bond acceptors (Lipinski definition) is 3. The van der Waals surface area contributed by atoms with E-state index in [2.05, 4.69) is 0 Å². The molecule has 4 heteroatoms. The number of hydrogen-bond donors (Lipinski definition) is 1. The van der Waals surface area contributed by atoms with Gasteiger partial charge in [-0.05, 0) is 24.6 Å². The van der Waals surface area contributed by atoms with E-state index >= 15 is 0 Å². The van der Waals surface area contributed by atoms with Gasteiger partial charge in [0.15, 0.2) is 0 Å². The summed E-state index contributed by atoms with van der Waals surface area (Å²) in [6.45, 7) is 2.74. The summed E-state index contributed by atoms with van der Waals surface area (Å²) in [5.74, 6) is 0.570. The Kier molecular flexibility index (Phi) is 4.17. The maximum atomic E-state index is 12.0. The Balaban J connectivity index is 2.97. The second-order valence-electron chi connectivity index (χ2n) is 3.68. The van der Waals surface area contributed by atoms with Crippen molar-refractivity contribution < 1.29 is 9.53 Å². The molecule has 1 aromatic rings. The molecule has 0 radical (unpaired) electrons. The molecule has 0 aliphatic rings. The van der Waals surface area contributed by atoms with Crippen LogP contribution in [0.4, 0.5) is 5.69 Å². The van der Waals surface area contributed by atoms with Crippen molar-refractivity contribution in [2.75, 3.05) is 26.4 Å². The number of carbonyl (C=O) groups excluding carboxylic acids is 1. The van der Waals surface area contributed by atoms with Gasteiger partial charge >= 0.3 is 0 Å². The molecule has 0 aliphatic carbocycles. The second-order valence-corrected chi connectivity index (χ2v) is 3.68. The highest BCUT2D eigenvalue weighted by molar-refractivity contribution is 5.99. The minimum absolute atomic E-state index is 0.0711. The van der Waals surface area contributed by atoms with E-state index in [1.165, 1.54) is 0 Å².